The van der Waals surface area contributed by atoms with E-state index in [4.69, 9.17) is 4.74 Å². The van der Waals surface area contributed by atoms with E-state index in [0.29, 0.717) is 11.3 Å². The van der Waals surface area contributed by atoms with E-state index in [0.717, 1.165) is 18.2 Å². The Balaban J connectivity index is 2.94. The van der Waals surface area contributed by atoms with Gasteiger partial charge in [0.1, 0.15) is 5.75 Å². The van der Waals surface area contributed by atoms with Crippen LogP contribution in [0.5, 0.6) is 5.75 Å². The fourth-order valence-electron chi connectivity index (χ4n) is 1.79. The zero-order valence-corrected chi connectivity index (χ0v) is 12.7. The zero-order valence-electron chi connectivity index (χ0n) is 11.1. The summed E-state index contributed by atoms with van der Waals surface area (Å²) in [6.07, 6.45) is 1.77. The minimum Gasteiger partial charge on any atom is -0.496 e. The van der Waals surface area contributed by atoms with E-state index in [1.807, 2.05) is 12.1 Å². The summed E-state index contributed by atoms with van der Waals surface area (Å²) in [7, 11) is 1.57. The van der Waals surface area contributed by atoms with Gasteiger partial charge in [0.25, 0.3) is 5.91 Å². The normalized spacial score (nSPS) is 11.1. The molecule has 0 heterocycles. The highest BCUT2D eigenvalue weighted by atomic mass is 79.9. The van der Waals surface area contributed by atoms with Gasteiger partial charge in [-0.15, -0.1) is 0 Å². The van der Waals surface area contributed by atoms with Crippen LogP contribution in [0, 0.1) is 0 Å². The highest BCUT2D eigenvalue weighted by molar-refractivity contribution is 9.09. The topological polar surface area (TPSA) is 38.3 Å². The second-order valence-corrected chi connectivity index (χ2v) is 4.84. The first kappa shape index (κ1) is 15.0. The summed E-state index contributed by atoms with van der Waals surface area (Å²) in [6, 6.07) is 7.26. The van der Waals surface area contributed by atoms with Crippen molar-refractivity contribution in [2.75, 3.05) is 12.4 Å². The number of amides is 1. The number of nitrogens with one attached hydrogen (secondary N) is 1. The lowest BCUT2D eigenvalue weighted by Crippen LogP contribution is -2.49. The summed E-state index contributed by atoms with van der Waals surface area (Å²) in [4.78, 5) is 12.3. The molecule has 1 aromatic carbocycles. The fourth-order valence-corrected chi connectivity index (χ4v) is 2.72. The van der Waals surface area contributed by atoms with Crippen LogP contribution in [0.1, 0.15) is 37.0 Å². The van der Waals surface area contributed by atoms with Crippen molar-refractivity contribution < 1.29 is 9.53 Å². The molecule has 0 radical (unpaired) electrons. The minimum absolute atomic E-state index is 0.0874. The molecule has 0 fully saturated rings. The number of alkyl halides is 1. The smallest absolute Gasteiger partial charge is 0.255 e. The van der Waals surface area contributed by atoms with Gasteiger partial charge in [-0.1, -0.05) is 41.9 Å². The van der Waals surface area contributed by atoms with Crippen molar-refractivity contribution in [3.8, 4) is 5.75 Å². The molecule has 1 rings (SSSR count). The van der Waals surface area contributed by atoms with Gasteiger partial charge in [0.2, 0.25) is 0 Å². The second-order valence-electron chi connectivity index (χ2n) is 4.28. The van der Waals surface area contributed by atoms with Gasteiger partial charge in [0.15, 0.2) is 0 Å². The van der Waals surface area contributed by atoms with Gasteiger partial charge in [-0.25, -0.2) is 0 Å². The van der Waals surface area contributed by atoms with Crippen molar-refractivity contribution in [3.63, 3.8) is 0 Å². The summed E-state index contributed by atoms with van der Waals surface area (Å²) < 4.78 is 5.21. The molecule has 1 N–H and O–H groups in total. The predicted octanol–water partition coefficient (Wildman–Crippen LogP) is 3.38. The molecule has 4 heteroatoms. The third-order valence-electron chi connectivity index (χ3n) is 3.34. The number of carbonyl (C=O) groups excluding carboxylic acids is 1. The van der Waals surface area contributed by atoms with Gasteiger partial charge < -0.3 is 10.1 Å². The van der Waals surface area contributed by atoms with Gasteiger partial charge in [-0.05, 0) is 25.0 Å². The quantitative estimate of drug-likeness (QED) is 0.818. The lowest BCUT2D eigenvalue weighted by atomic mass is 9.95. The zero-order chi connectivity index (χ0) is 13.6. The van der Waals surface area contributed by atoms with Crippen LogP contribution in [-0.2, 0) is 0 Å². The van der Waals surface area contributed by atoms with Gasteiger partial charge in [-0.3, -0.25) is 4.79 Å². The standard InChI is InChI=1S/C14H20BrNO2/c1-4-14(5-2,10-15)16-13(17)11-8-6-7-9-12(11)18-3/h6-9H,4-5,10H2,1-3H3,(H,16,17). The van der Waals surface area contributed by atoms with E-state index in [1.54, 1.807) is 19.2 Å². The van der Waals surface area contributed by atoms with E-state index in [2.05, 4.69) is 35.1 Å². The van der Waals surface area contributed by atoms with Crippen molar-refractivity contribution in [1.29, 1.82) is 0 Å². The maximum absolute atomic E-state index is 12.3. The summed E-state index contributed by atoms with van der Waals surface area (Å²) in [5, 5.41) is 3.85. The fraction of sp³-hybridized carbons (Fsp3) is 0.500. The summed E-state index contributed by atoms with van der Waals surface area (Å²) in [6.45, 7) is 4.15. The Morgan fingerprint density at radius 2 is 1.94 bits per heavy atom. The monoisotopic (exact) mass is 313 g/mol. The maximum atomic E-state index is 12.3. The molecule has 3 nitrogen and oxygen atoms in total. The first-order valence-corrected chi connectivity index (χ1v) is 7.26. The van der Waals surface area contributed by atoms with Gasteiger partial charge >= 0.3 is 0 Å². The third-order valence-corrected chi connectivity index (χ3v) is 4.41. The molecule has 1 aromatic rings. The van der Waals surface area contributed by atoms with Crippen molar-refractivity contribution in [2.24, 2.45) is 0 Å². The van der Waals surface area contributed by atoms with Gasteiger partial charge in [0.05, 0.1) is 12.7 Å². The Morgan fingerprint density at radius 1 is 1.33 bits per heavy atom. The molecule has 0 spiro atoms. The Kier molecular flexibility index (Phi) is 5.66. The van der Waals surface area contributed by atoms with Crippen LogP contribution in [0.3, 0.4) is 0 Å². The number of hydrogen-bond donors (Lipinski definition) is 1. The number of halogens is 1. The third kappa shape index (κ3) is 3.25. The molecule has 100 valence electrons. The Morgan fingerprint density at radius 3 is 2.44 bits per heavy atom. The molecule has 18 heavy (non-hydrogen) atoms. The van der Waals surface area contributed by atoms with Crippen LogP contribution < -0.4 is 10.1 Å². The van der Waals surface area contributed by atoms with Crippen molar-refractivity contribution in [3.05, 3.63) is 29.8 Å². The molecule has 0 aliphatic heterocycles. The lowest BCUT2D eigenvalue weighted by molar-refractivity contribution is 0.0900. The first-order chi connectivity index (χ1) is 8.62. The Labute approximate surface area is 117 Å². The molecule has 0 aliphatic rings. The highest BCUT2D eigenvalue weighted by Gasteiger charge is 2.28. The molecular formula is C14H20BrNO2. The number of benzene rings is 1. The number of ether oxygens (including phenoxy) is 1. The summed E-state index contributed by atoms with van der Waals surface area (Å²) in [5.41, 5.74) is 0.380. The van der Waals surface area contributed by atoms with Crippen molar-refractivity contribution in [2.45, 2.75) is 32.2 Å². The van der Waals surface area contributed by atoms with Crippen LogP contribution in [-0.4, -0.2) is 23.9 Å². The Hall–Kier alpha value is -1.03. The van der Waals surface area contributed by atoms with Crippen LogP contribution in [0.25, 0.3) is 0 Å². The van der Waals surface area contributed by atoms with Crippen molar-refractivity contribution in [1.82, 2.24) is 5.32 Å². The van der Waals surface area contributed by atoms with Crippen LogP contribution in [0.15, 0.2) is 24.3 Å². The van der Waals surface area contributed by atoms with E-state index < -0.39 is 0 Å². The average molecular weight is 314 g/mol. The SMILES string of the molecule is CCC(CC)(CBr)NC(=O)c1ccccc1OC. The second kappa shape index (κ2) is 6.78. The molecule has 0 aliphatic carbocycles. The molecule has 0 aromatic heterocycles. The number of carbonyl (C=O) groups is 1. The first-order valence-electron chi connectivity index (χ1n) is 6.14. The number of methoxy groups -OCH3 is 1. The van der Waals surface area contributed by atoms with E-state index >= 15 is 0 Å². The molecular weight excluding hydrogens is 294 g/mol. The predicted molar refractivity (Wildman–Crippen MR) is 77.6 cm³/mol. The number of rotatable bonds is 6. The minimum atomic E-state index is -0.196. The van der Waals surface area contributed by atoms with E-state index in [1.165, 1.54) is 0 Å². The Bertz CT molecular complexity index is 394. The molecule has 0 saturated heterocycles. The molecule has 0 bridgehead atoms. The molecule has 0 saturated carbocycles. The number of hydrogen-bond acceptors (Lipinski definition) is 2. The van der Waals surface area contributed by atoms with Crippen molar-refractivity contribution >= 4 is 21.8 Å². The highest BCUT2D eigenvalue weighted by Crippen LogP contribution is 2.22. The van der Waals surface area contributed by atoms with Gasteiger partial charge in [-0.2, -0.15) is 0 Å². The summed E-state index contributed by atoms with van der Waals surface area (Å²) in [5.74, 6) is 0.515. The van der Waals surface area contributed by atoms with Gasteiger partial charge in [0, 0.05) is 10.9 Å². The number of para-hydroxylation sites is 1. The van der Waals surface area contributed by atoms with Crippen LogP contribution in [0.2, 0.25) is 0 Å². The summed E-state index contributed by atoms with van der Waals surface area (Å²) >= 11 is 3.48. The largest absolute Gasteiger partial charge is 0.496 e. The molecule has 1 amide bonds. The molecule has 0 atom stereocenters. The van der Waals surface area contributed by atoms with Crippen LogP contribution in [0.4, 0.5) is 0 Å². The van der Waals surface area contributed by atoms with E-state index in [9.17, 15) is 4.79 Å². The lowest BCUT2D eigenvalue weighted by Gasteiger charge is -2.31. The maximum Gasteiger partial charge on any atom is 0.255 e. The average Bonchev–Trinajstić information content (AvgIpc) is 2.44. The molecule has 0 unspecified atom stereocenters. The van der Waals surface area contributed by atoms with E-state index in [-0.39, 0.29) is 11.4 Å². The van der Waals surface area contributed by atoms with Crippen LogP contribution >= 0.6 is 15.9 Å².